The highest BCUT2D eigenvalue weighted by Gasteiger charge is 2.18. The lowest BCUT2D eigenvalue weighted by Crippen LogP contribution is -2.21. The van der Waals surface area contributed by atoms with Crippen molar-refractivity contribution in [1.82, 2.24) is 0 Å². The van der Waals surface area contributed by atoms with Gasteiger partial charge in [0.1, 0.15) is 5.76 Å². The lowest BCUT2D eigenvalue weighted by Gasteiger charge is -2.26. The number of ether oxygens (including phenoxy) is 1. The molecular weight excluding hydrogens is 224 g/mol. The number of aryl methyl sites for hydroxylation is 1. The van der Waals surface area contributed by atoms with Gasteiger partial charge in [-0.3, -0.25) is 0 Å². The minimum absolute atomic E-state index is 0.635. The first-order chi connectivity index (χ1) is 8.63. The first kappa shape index (κ1) is 12.4. The molecule has 2 rings (SSSR count). The molecule has 1 aliphatic rings. The third-order valence-electron chi connectivity index (χ3n) is 2.89. The van der Waals surface area contributed by atoms with Crippen molar-refractivity contribution in [2.45, 2.75) is 20.8 Å². The van der Waals surface area contributed by atoms with Crippen LogP contribution in [-0.2, 0) is 4.74 Å². The molecule has 0 aliphatic carbocycles. The van der Waals surface area contributed by atoms with E-state index in [4.69, 9.17) is 4.74 Å². The Balaban J connectivity index is 2.30. The van der Waals surface area contributed by atoms with Crippen LogP contribution in [0.15, 0.2) is 53.0 Å². The molecule has 0 saturated heterocycles. The van der Waals surface area contributed by atoms with Crippen LogP contribution in [0, 0.1) is 6.92 Å². The molecule has 0 spiro atoms. The first-order valence-corrected chi connectivity index (χ1v) is 6.07. The normalized spacial score (nSPS) is 15.3. The molecule has 0 bridgehead atoms. The Hall–Kier alpha value is -2.03. The lowest BCUT2D eigenvalue weighted by atomic mass is 10.1. The van der Waals surface area contributed by atoms with Gasteiger partial charge in [-0.1, -0.05) is 18.7 Å². The minimum atomic E-state index is 0.635. The second-order valence-electron chi connectivity index (χ2n) is 4.26. The Morgan fingerprint density at radius 3 is 2.78 bits per heavy atom. The lowest BCUT2D eigenvalue weighted by molar-refractivity contribution is 0.247. The zero-order valence-electron chi connectivity index (χ0n) is 11.1. The van der Waals surface area contributed by atoms with Crippen LogP contribution in [-0.4, -0.2) is 12.8 Å². The van der Waals surface area contributed by atoms with Gasteiger partial charge in [0.05, 0.1) is 24.2 Å². The highest BCUT2D eigenvalue weighted by molar-refractivity contribution is 5.83. The number of anilines is 1. The molecule has 94 valence electrons. The van der Waals surface area contributed by atoms with Crippen molar-refractivity contribution in [3.8, 4) is 0 Å². The van der Waals surface area contributed by atoms with Crippen LogP contribution in [0.3, 0.4) is 0 Å². The summed E-state index contributed by atoms with van der Waals surface area (Å²) in [5, 5.41) is 6.24. The highest BCUT2D eigenvalue weighted by Crippen LogP contribution is 2.28. The van der Waals surface area contributed by atoms with Gasteiger partial charge in [0.25, 0.3) is 0 Å². The maximum absolute atomic E-state index is 5.52. The van der Waals surface area contributed by atoms with Gasteiger partial charge in [-0.25, -0.2) is 5.01 Å². The summed E-state index contributed by atoms with van der Waals surface area (Å²) in [5.41, 5.74) is 4.10. The van der Waals surface area contributed by atoms with Gasteiger partial charge in [0.2, 0.25) is 0 Å². The number of hydrogen-bond acceptors (Lipinski definition) is 3. The molecule has 1 aliphatic heterocycles. The molecule has 0 fully saturated rings. The first-order valence-electron chi connectivity index (χ1n) is 6.07. The van der Waals surface area contributed by atoms with E-state index >= 15 is 0 Å². The zero-order chi connectivity index (χ0) is 13.1. The molecule has 3 nitrogen and oxygen atoms in total. The average molecular weight is 242 g/mol. The van der Waals surface area contributed by atoms with Crippen LogP contribution in [0.25, 0.3) is 0 Å². The molecule has 1 aromatic rings. The molecule has 0 unspecified atom stereocenters. The Morgan fingerprint density at radius 1 is 1.33 bits per heavy atom. The maximum atomic E-state index is 5.52. The zero-order valence-corrected chi connectivity index (χ0v) is 11.1. The van der Waals surface area contributed by atoms with E-state index in [1.165, 1.54) is 5.56 Å². The van der Waals surface area contributed by atoms with Crippen LogP contribution >= 0.6 is 0 Å². The summed E-state index contributed by atoms with van der Waals surface area (Å²) in [7, 11) is 0. The van der Waals surface area contributed by atoms with Crippen LogP contribution in [0.5, 0.6) is 0 Å². The van der Waals surface area contributed by atoms with E-state index in [9.17, 15) is 0 Å². The van der Waals surface area contributed by atoms with Gasteiger partial charge in [-0.15, -0.1) is 0 Å². The number of benzene rings is 1. The summed E-state index contributed by atoms with van der Waals surface area (Å²) < 4.78 is 5.52. The van der Waals surface area contributed by atoms with Crippen molar-refractivity contribution in [3.63, 3.8) is 0 Å². The molecule has 0 aromatic heterocycles. The minimum Gasteiger partial charge on any atom is -0.492 e. The Kier molecular flexibility index (Phi) is 3.51. The topological polar surface area (TPSA) is 24.8 Å². The van der Waals surface area contributed by atoms with Crippen molar-refractivity contribution in [2.75, 3.05) is 11.6 Å². The summed E-state index contributed by atoms with van der Waals surface area (Å²) in [6.45, 7) is 10.8. The van der Waals surface area contributed by atoms with E-state index in [2.05, 4.69) is 30.7 Å². The van der Waals surface area contributed by atoms with Gasteiger partial charge in [-0.2, -0.15) is 5.10 Å². The smallest absolute Gasteiger partial charge is 0.144 e. The number of rotatable bonds is 3. The van der Waals surface area contributed by atoms with E-state index in [-0.39, 0.29) is 0 Å². The van der Waals surface area contributed by atoms with Gasteiger partial charge in [0, 0.05) is 5.57 Å². The van der Waals surface area contributed by atoms with Crippen molar-refractivity contribution < 1.29 is 4.74 Å². The van der Waals surface area contributed by atoms with Gasteiger partial charge in [0.15, 0.2) is 0 Å². The molecule has 0 saturated carbocycles. The highest BCUT2D eigenvalue weighted by atomic mass is 16.5. The van der Waals surface area contributed by atoms with Gasteiger partial charge in [-0.05, 0) is 38.5 Å². The standard InChI is InChI=1S/C15H18N2O/c1-5-18-15-10-16-17(13(4)12(15)3)14-8-6-7-11(2)9-14/h6-10H,4-5H2,1-3H3. The van der Waals surface area contributed by atoms with Crippen molar-refractivity contribution in [1.29, 1.82) is 0 Å². The monoisotopic (exact) mass is 242 g/mol. The second-order valence-corrected chi connectivity index (χ2v) is 4.26. The van der Waals surface area contributed by atoms with Crippen LogP contribution < -0.4 is 5.01 Å². The Morgan fingerprint density at radius 2 is 2.11 bits per heavy atom. The predicted octanol–water partition coefficient (Wildman–Crippen LogP) is 3.63. The van der Waals surface area contributed by atoms with E-state index in [1.54, 1.807) is 6.21 Å². The molecule has 0 atom stereocenters. The third kappa shape index (κ3) is 2.30. The average Bonchev–Trinajstić information content (AvgIpc) is 2.35. The molecule has 18 heavy (non-hydrogen) atoms. The van der Waals surface area contributed by atoms with Crippen molar-refractivity contribution >= 4 is 11.9 Å². The summed E-state index contributed by atoms with van der Waals surface area (Å²) >= 11 is 0. The molecule has 3 heteroatoms. The molecule has 0 amide bonds. The van der Waals surface area contributed by atoms with E-state index < -0.39 is 0 Å². The van der Waals surface area contributed by atoms with E-state index in [0.29, 0.717) is 6.61 Å². The maximum Gasteiger partial charge on any atom is 0.144 e. The summed E-state index contributed by atoms with van der Waals surface area (Å²) in [5.74, 6) is 0.798. The van der Waals surface area contributed by atoms with E-state index in [0.717, 1.165) is 22.7 Å². The number of hydrazone groups is 1. The largest absolute Gasteiger partial charge is 0.492 e. The van der Waals surface area contributed by atoms with Crippen LogP contribution in [0.2, 0.25) is 0 Å². The molecular formula is C15H18N2O. The fraction of sp³-hybridized carbons (Fsp3) is 0.267. The molecule has 0 N–H and O–H groups in total. The van der Waals surface area contributed by atoms with Crippen molar-refractivity contribution in [3.05, 3.63) is 53.4 Å². The van der Waals surface area contributed by atoms with Crippen LogP contribution in [0.4, 0.5) is 5.69 Å². The quantitative estimate of drug-likeness (QED) is 0.808. The SMILES string of the molecule is C=C1C(C)=C(OCC)C=NN1c1cccc(C)c1. The fourth-order valence-electron chi connectivity index (χ4n) is 1.86. The van der Waals surface area contributed by atoms with Crippen molar-refractivity contribution in [2.24, 2.45) is 5.10 Å². The van der Waals surface area contributed by atoms with Gasteiger partial charge >= 0.3 is 0 Å². The second kappa shape index (κ2) is 5.08. The number of nitrogens with zero attached hydrogens (tertiary/aromatic N) is 2. The summed E-state index contributed by atoms with van der Waals surface area (Å²) in [4.78, 5) is 0. The van der Waals surface area contributed by atoms with Gasteiger partial charge < -0.3 is 4.74 Å². The number of hydrogen-bond donors (Lipinski definition) is 0. The fourth-order valence-corrected chi connectivity index (χ4v) is 1.86. The molecule has 1 aromatic carbocycles. The Labute approximate surface area is 108 Å². The third-order valence-corrected chi connectivity index (χ3v) is 2.89. The molecule has 1 heterocycles. The number of allylic oxidation sites excluding steroid dienone is 2. The Bertz CT molecular complexity index is 529. The summed E-state index contributed by atoms with van der Waals surface area (Å²) in [6.07, 6.45) is 1.75. The summed E-state index contributed by atoms with van der Waals surface area (Å²) in [6, 6.07) is 8.19. The van der Waals surface area contributed by atoms with E-state index in [1.807, 2.05) is 31.0 Å². The van der Waals surface area contributed by atoms with Crippen LogP contribution in [0.1, 0.15) is 19.4 Å². The molecule has 0 radical (unpaired) electrons. The predicted molar refractivity (Wildman–Crippen MR) is 75.6 cm³/mol.